The van der Waals surface area contributed by atoms with Crippen molar-refractivity contribution in [2.45, 2.75) is 94.9 Å². The second-order valence-electron chi connectivity index (χ2n) is 13.1. The number of nitrogens with two attached hydrogens (primary N) is 1. The van der Waals surface area contributed by atoms with Gasteiger partial charge >= 0.3 is 0 Å². The van der Waals surface area contributed by atoms with Crippen molar-refractivity contribution in [3.63, 3.8) is 0 Å². The molecule has 0 saturated carbocycles. The molecule has 2 fully saturated rings. The van der Waals surface area contributed by atoms with E-state index in [9.17, 15) is 10.4 Å². The normalized spacial score (nSPS) is 26.9. The second-order valence-corrected chi connectivity index (χ2v) is 13.1. The quantitative estimate of drug-likeness (QED) is 0.434. The molecule has 220 valence electrons. The number of aryl methyl sites for hydroxylation is 1. The summed E-state index contributed by atoms with van der Waals surface area (Å²) in [5.74, 6) is 2.46. The zero-order valence-corrected chi connectivity index (χ0v) is 24.9. The standard InChI is InChI=1S/C32H39N7O3/c1-18(23-8-6-14-38(23)4)41-26-15-25(39-17-24(40)31(39,2)3)35-30(36-26)28-20-7-5-12-32(29(20)42-37-28)13-11-19-9-10-22(34)21(16-33)27(19)32/h9-10,15,18,23-24,40H,5-8,11-14,17,34H2,1-4H3/t18-,23-,24+,32-/m0/s1. The molecule has 0 radical (unpaired) electrons. The Morgan fingerprint density at radius 1 is 1.21 bits per heavy atom. The molecule has 2 aliphatic carbocycles. The van der Waals surface area contributed by atoms with Crippen molar-refractivity contribution < 1.29 is 14.4 Å². The Balaban J connectivity index is 1.32. The number of aromatic nitrogens is 3. The molecule has 3 aromatic rings. The van der Waals surface area contributed by atoms with E-state index in [1.807, 2.05) is 32.0 Å². The van der Waals surface area contributed by atoms with Crippen LogP contribution in [-0.2, 0) is 18.3 Å². The van der Waals surface area contributed by atoms with Crippen LogP contribution in [0.15, 0.2) is 22.7 Å². The maximum absolute atomic E-state index is 10.5. The lowest BCUT2D eigenvalue weighted by Gasteiger charge is -2.53. The summed E-state index contributed by atoms with van der Waals surface area (Å²) in [5.41, 5.74) is 10.2. The van der Waals surface area contributed by atoms with Crippen LogP contribution in [0.3, 0.4) is 0 Å². The van der Waals surface area contributed by atoms with Gasteiger partial charge in [-0.05, 0) is 96.5 Å². The van der Waals surface area contributed by atoms with Gasteiger partial charge in [-0.1, -0.05) is 11.2 Å². The zero-order chi connectivity index (χ0) is 29.4. The highest BCUT2D eigenvalue weighted by Gasteiger charge is 2.50. The first kappa shape index (κ1) is 27.2. The number of fused-ring (bicyclic) bond motifs is 4. The molecule has 10 heteroatoms. The molecule has 2 aromatic heterocycles. The van der Waals surface area contributed by atoms with E-state index in [0.717, 1.165) is 73.9 Å². The Hall–Kier alpha value is -3.68. The highest BCUT2D eigenvalue weighted by molar-refractivity contribution is 5.68. The van der Waals surface area contributed by atoms with Crippen LogP contribution in [0.4, 0.5) is 11.5 Å². The fraction of sp³-hybridized carbons (Fsp3) is 0.562. The number of aliphatic hydroxyl groups excluding tert-OH is 1. The van der Waals surface area contributed by atoms with Gasteiger partial charge in [-0.3, -0.25) is 4.90 Å². The van der Waals surface area contributed by atoms with Gasteiger partial charge in [0, 0.05) is 29.9 Å². The Bertz CT molecular complexity index is 1590. The fourth-order valence-corrected chi connectivity index (χ4v) is 7.86. The first-order valence-corrected chi connectivity index (χ1v) is 15.2. The van der Waals surface area contributed by atoms with Crippen LogP contribution in [0, 0.1) is 11.3 Å². The molecular weight excluding hydrogens is 530 g/mol. The Morgan fingerprint density at radius 2 is 2.05 bits per heavy atom. The number of β-amino-alcohol motifs (C(OH)–C–C–N with tert-alkyl or cyclic N) is 1. The zero-order valence-electron chi connectivity index (χ0n) is 24.9. The van der Waals surface area contributed by atoms with Gasteiger partial charge in [0.25, 0.3) is 0 Å². The number of likely N-dealkylation sites (N-methyl/N-ethyl adjacent to an activating group) is 1. The summed E-state index contributed by atoms with van der Waals surface area (Å²) in [6.07, 6.45) is 6.05. The van der Waals surface area contributed by atoms with E-state index in [2.05, 4.69) is 35.0 Å². The Kier molecular flexibility index (Phi) is 6.26. The number of nitriles is 1. The summed E-state index contributed by atoms with van der Waals surface area (Å²) in [6.45, 7) is 7.67. The number of hydrogen-bond acceptors (Lipinski definition) is 10. The van der Waals surface area contributed by atoms with E-state index < -0.39 is 17.1 Å². The maximum atomic E-state index is 10.5. The van der Waals surface area contributed by atoms with Crippen molar-refractivity contribution >= 4 is 11.5 Å². The number of aliphatic hydroxyl groups is 1. The van der Waals surface area contributed by atoms with E-state index >= 15 is 0 Å². The fourth-order valence-electron chi connectivity index (χ4n) is 7.86. The van der Waals surface area contributed by atoms with Gasteiger partial charge in [0.2, 0.25) is 5.88 Å². The van der Waals surface area contributed by atoms with Gasteiger partial charge in [0.15, 0.2) is 17.3 Å². The van der Waals surface area contributed by atoms with E-state index in [-0.39, 0.29) is 6.10 Å². The van der Waals surface area contributed by atoms with Crippen LogP contribution in [0.1, 0.15) is 80.9 Å². The van der Waals surface area contributed by atoms with Crippen LogP contribution in [0.25, 0.3) is 11.5 Å². The molecule has 0 amide bonds. The Labute approximate surface area is 246 Å². The van der Waals surface area contributed by atoms with Gasteiger partial charge in [-0.2, -0.15) is 10.2 Å². The molecule has 7 rings (SSSR count). The van der Waals surface area contributed by atoms with Crippen LogP contribution >= 0.6 is 0 Å². The minimum Gasteiger partial charge on any atom is -0.473 e. The van der Waals surface area contributed by atoms with Gasteiger partial charge in [0.05, 0.1) is 22.6 Å². The molecule has 1 aromatic carbocycles. The third-order valence-electron chi connectivity index (χ3n) is 10.5. The minimum atomic E-state index is -0.464. The molecule has 3 N–H and O–H groups in total. The molecule has 1 spiro atoms. The summed E-state index contributed by atoms with van der Waals surface area (Å²) in [6, 6.07) is 8.46. The number of anilines is 2. The lowest BCUT2D eigenvalue weighted by molar-refractivity contribution is 0.0418. The van der Waals surface area contributed by atoms with E-state index in [1.165, 1.54) is 0 Å². The third kappa shape index (κ3) is 3.93. The number of rotatable bonds is 5. The molecule has 4 atom stereocenters. The summed E-state index contributed by atoms with van der Waals surface area (Å²) < 4.78 is 12.7. The number of benzene rings is 1. The van der Waals surface area contributed by atoms with Crippen LogP contribution in [-0.4, -0.2) is 69.1 Å². The van der Waals surface area contributed by atoms with Crippen LogP contribution < -0.4 is 15.4 Å². The minimum absolute atomic E-state index is 0.0533. The highest BCUT2D eigenvalue weighted by Crippen LogP contribution is 2.54. The SMILES string of the molecule is C[C@H](Oc1cc(N2C[C@@H](O)C2(C)C)nc(-c2noc3c2CCC[C@@]32CCc3ccc(N)c(C#N)c32)n1)[C@@H]1CCCN1C. The average Bonchev–Trinajstić information content (AvgIpc) is 3.70. The number of hydrogen-bond donors (Lipinski definition) is 2. The smallest absolute Gasteiger partial charge is 0.219 e. The van der Waals surface area contributed by atoms with E-state index in [4.69, 9.17) is 25.0 Å². The Morgan fingerprint density at radius 3 is 2.76 bits per heavy atom. The number of likely N-dealkylation sites (tertiary alicyclic amines) is 1. The van der Waals surface area contributed by atoms with Gasteiger partial charge in [-0.25, -0.2) is 4.98 Å². The first-order chi connectivity index (χ1) is 20.1. The molecule has 0 bridgehead atoms. The molecule has 10 nitrogen and oxygen atoms in total. The van der Waals surface area contributed by atoms with Crippen molar-refractivity contribution in [2.24, 2.45) is 0 Å². The lowest BCUT2D eigenvalue weighted by atomic mass is 9.68. The monoisotopic (exact) mass is 569 g/mol. The van der Waals surface area contributed by atoms with E-state index in [1.54, 1.807) is 0 Å². The average molecular weight is 570 g/mol. The van der Waals surface area contributed by atoms with Crippen molar-refractivity contribution in [1.29, 1.82) is 5.26 Å². The van der Waals surface area contributed by atoms with Crippen molar-refractivity contribution in [1.82, 2.24) is 20.0 Å². The molecule has 42 heavy (non-hydrogen) atoms. The van der Waals surface area contributed by atoms with Gasteiger partial charge in [0.1, 0.15) is 18.0 Å². The predicted octanol–water partition coefficient (Wildman–Crippen LogP) is 3.98. The molecule has 4 aliphatic rings. The summed E-state index contributed by atoms with van der Waals surface area (Å²) in [4.78, 5) is 14.3. The maximum Gasteiger partial charge on any atom is 0.219 e. The predicted molar refractivity (Wildman–Crippen MR) is 158 cm³/mol. The van der Waals surface area contributed by atoms with Crippen molar-refractivity contribution in [3.05, 3.63) is 46.2 Å². The molecule has 4 heterocycles. The molecular formula is C32H39N7O3. The number of nitrogen functional groups attached to an aromatic ring is 1. The van der Waals surface area contributed by atoms with Crippen LogP contribution in [0.5, 0.6) is 5.88 Å². The second kappa shape index (κ2) is 9.68. The summed E-state index contributed by atoms with van der Waals surface area (Å²) >= 11 is 0. The molecule has 2 aliphatic heterocycles. The van der Waals surface area contributed by atoms with Gasteiger partial charge < -0.3 is 25.0 Å². The lowest BCUT2D eigenvalue weighted by Crippen LogP contribution is -2.68. The van der Waals surface area contributed by atoms with Crippen LogP contribution in [0.2, 0.25) is 0 Å². The van der Waals surface area contributed by atoms with E-state index in [0.29, 0.717) is 47.1 Å². The van der Waals surface area contributed by atoms with Crippen molar-refractivity contribution in [2.75, 3.05) is 30.8 Å². The largest absolute Gasteiger partial charge is 0.473 e. The number of nitrogens with zero attached hydrogens (tertiary/aromatic N) is 6. The van der Waals surface area contributed by atoms with Gasteiger partial charge in [-0.15, -0.1) is 0 Å². The number of ether oxygens (including phenoxy) is 1. The molecule has 0 unspecified atom stereocenters. The first-order valence-electron chi connectivity index (χ1n) is 15.2. The van der Waals surface area contributed by atoms with Crippen molar-refractivity contribution in [3.8, 4) is 23.5 Å². The summed E-state index contributed by atoms with van der Waals surface area (Å²) in [7, 11) is 2.14. The highest BCUT2D eigenvalue weighted by atomic mass is 16.5. The third-order valence-corrected chi connectivity index (χ3v) is 10.5. The summed E-state index contributed by atoms with van der Waals surface area (Å²) in [5, 5.41) is 25.1. The topological polar surface area (TPSA) is 138 Å². The molecule has 2 saturated heterocycles.